The molecule has 3 aliphatic rings. The third kappa shape index (κ3) is 8.28. The zero-order chi connectivity index (χ0) is 37.1. The number of carbonyl (C=O) groups excluding carboxylic acids is 3. The molecule has 11 nitrogen and oxygen atoms in total. The SMILES string of the molecule is CCC1OC(=O)/C(C)=C/[C@H](C)[C@@H](O[C@@H]2O[C@H](C)C[C@H](N(C)C)[C@H]2O)[C@](C)(OC)C[C@@H](C)C(=O)[C@H](C)[C@H]2N(CCc3ccccc3)C(=O)O[C@]12C. The summed E-state index contributed by atoms with van der Waals surface area (Å²) < 4.78 is 31.4. The largest absolute Gasteiger partial charge is 0.455 e. The van der Waals surface area contributed by atoms with Gasteiger partial charge in [-0.2, -0.15) is 0 Å². The maximum atomic E-state index is 14.6. The predicted molar refractivity (Wildman–Crippen MR) is 189 cm³/mol. The van der Waals surface area contributed by atoms with E-state index in [1.165, 1.54) is 0 Å². The van der Waals surface area contributed by atoms with Crippen LogP contribution in [0, 0.1) is 17.8 Å². The topological polar surface area (TPSA) is 124 Å². The fourth-order valence-electron chi connectivity index (χ4n) is 8.51. The number of amides is 1. The smallest absolute Gasteiger partial charge is 0.410 e. The van der Waals surface area contributed by atoms with Gasteiger partial charge in [-0.25, -0.2) is 9.59 Å². The minimum atomic E-state index is -1.28. The van der Waals surface area contributed by atoms with Crippen molar-refractivity contribution in [3.63, 3.8) is 0 Å². The molecule has 0 radical (unpaired) electrons. The van der Waals surface area contributed by atoms with Crippen LogP contribution in [0.2, 0.25) is 0 Å². The summed E-state index contributed by atoms with van der Waals surface area (Å²) in [6.45, 7) is 15.2. The zero-order valence-corrected chi connectivity index (χ0v) is 31.9. The van der Waals surface area contributed by atoms with Gasteiger partial charge in [0.2, 0.25) is 0 Å². The van der Waals surface area contributed by atoms with E-state index in [1.807, 2.05) is 90.9 Å². The second-order valence-electron chi connectivity index (χ2n) is 15.4. The molecule has 1 aromatic rings. The Morgan fingerprint density at radius 2 is 1.72 bits per heavy atom. The lowest BCUT2D eigenvalue weighted by Crippen LogP contribution is -2.59. The molecule has 1 amide bonds. The van der Waals surface area contributed by atoms with Crippen molar-refractivity contribution < 1.29 is 43.2 Å². The van der Waals surface area contributed by atoms with E-state index < -0.39 is 71.7 Å². The number of carbonyl (C=O) groups is 3. The average molecular weight is 701 g/mol. The summed E-state index contributed by atoms with van der Waals surface area (Å²) in [5.74, 6) is -2.25. The number of Topliss-reactive ketones (excluding diaryl/α,β-unsaturated/α-hetero) is 1. The van der Waals surface area contributed by atoms with Crippen molar-refractivity contribution >= 4 is 17.8 Å². The zero-order valence-electron chi connectivity index (χ0n) is 31.9. The monoisotopic (exact) mass is 700 g/mol. The molecular weight excluding hydrogens is 640 g/mol. The van der Waals surface area contributed by atoms with Gasteiger partial charge in [0.15, 0.2) is 11.9 Å². The second kappa shape index (κ2) is 16.2. The number of esters is 1. The minimum Gasteiger partial charge on any atom is -0.455 e. The number of aliphatic hydroxyl groups excluding tert-OH is 1. The molecule has 1 unspecified atom stereocenters. The maximum absolute atomic E-state index is 14.6. The van der Waals surface area contributed by atoms with E-state index in [-0.39, 0.29) is 24.3 Å². The molecule has 2 fully saturated rings. The van der Waals surface area contributed by atoms with Crippen LogP contribution >= 0.6 is 0 Å². The highest BCUT2D eigenvalue weighted by molar-refractivity contribution is 5.88. The maximum Gasteiger partial charge on any atom is 0.410 e. The molecule has 50 heavy (non-hydrogen) atoms. The third-order valence-electron chi connectivity index (χ3n) is 11.3. The van der Waals surface area contributed by atoms with Crippen molar-refractivity contribution in [2.24, 2.45) is 17.8 Å². The first-order chi connectivity index (χ1) is 23.5. The van der Waals surface area contributed by atoms with Crippen molar-refractivity contribution in [2.45, 2.75) is 135 Å². The summed E-state index contributed by atoms with van der Waals surface area (Å²) in [6, 6.07) is 8.95. The molecule has 0 bridgehead atoms. The Morgan fingerprint density at radius 3 is 2.32 bits per heavy atom. The van der Waals surface area contributed by atoms with Crippen LogP contribution in [-0.2, 0) is 39.7 Å². The van der Waals surface area contributed by atoms with Crippen LogP contribution in [0.1, 0.15) is 80.2 Å². The molecule has 0 saturated carbocycles. The number of hydrogen-bond acceptors (Lipinski definition) is 10. The molecule has 3 aliphatic heterocycles. The number of hydrogen-bond donors (Lipinski definition) is 1. The highest BCUT2D eigenvalue weighted by Crippen LogP contribution is 2.43. The summed E-state index contributed by atoms with van der Waals surface area (Å²) in [5, 5.41) is 11.4. The summed E-state index contributed by atoms with van der Waals surface area (Å²) in [4.78, 5) is 45.6. The molecule has 2 saturated heterocycles. The summed E-state index contributed by atoms with van der Waals surface area (Å²) >= 11 is 0. The van der Waals surface area contributed by atoms with Gasteiger partial charge >= 0.3 is 12.1 Å². The molecule has 0 aromatic heterocycles. The molecule has 12 atom stereocenters. The first-order valence-electron chi connectivity index (χ1n) is 18.1. The first-order valence-corrected chi connectivity index (χ1v) is 18.1. The first kappa shape index (κ1) is 39.9. The molecule has 11 heteroatoms. The van der Waals surface area contributed by atoms with Crippen molar-refractivity contribution in [1.82, 2.24) is 9.80 Å². The van der Waals surface area contributed by atoms with Gasteiger partial charge in [-0.3, -0.25) is 9.69 Å². The Bertz CT molecular complexity index is 1370. The van der Waals surface area contributed by atoms with Crippen molar-refractivity contribution in [3.8, 4) is 0 Å². The van der Waals surface area contributed by atoms with Crippen LogP contribution in [0.5, 0.6) is 0 Å². The molecule has 4 rings (SSSR count). The molecule has 280 valence electrons. The highest BCUT2D eigenvalue weighted by atomic mass is 16.7. The Labute approximate surface area is 298 Å². The molecule has 0 spiro atoms. The predicted octanol–water partition coefficient (Wildman–Crippen LogP) is 5.17. The number of aliphatic hydroxyl groups is 1. The second-order valence-corrected chi connectivity index (χ2v) is 15.4. The number of rotatable bonds is 8. The Hall–Kier alpha value is -2.83. The van der Waals surface area contributed by atoms with Gasteiger partial charge in [-0.05, 0) is 73.0 Å². The molecule has 3 heterocycles. The lowest BCUT2D eigenvalue weighted by molar-refractivity contribution is -0.294. The number of benzene rings is 1. The van der Waals surface area contributed by atoms with Crippen molar-refractivity contribution in [2.75, 3.05) is 27.7 Å². The standard InChI is InChI=1S/C39H60N2O9/c1-12-30-39(8)33(41(37(45)50-39)19-18-28-16-14-13-15-17-28)27(6)31(42)25(4)22-38(7,46-11)34(23(2)20-24(3)35(44)48-30)49-36-32(43)29(40(9)10)21-26(5)47-36/h13-17,20,23,25-27,29-30,32-34,36,43H,12,18-19,21-22H2,1-11H3/b24-20+/t23-,25+,26+,27-,29-,30?,32+,33+,34+,36-,38+,39+/m0/s1. The molecule has 1 aromatic carbocycles. The van der Waals surface area contributed by atoms with Crippen molar-refractivity contribution in [1.29, 1.82) is 0 Å². The van der Waals surface area contributed by atoms with Gasteiger partial charge in [-0.1, -0.05) is 64.1 Å². The summed E-state index contributed by atoms with van der Waals surface area (Å²) in [7, 11) is 5.41. The Balaban J connectivity index is 1.76. The fourth-order valence-corrected chi connectivity index (χ4v) is 8.51. The van der Waals surface area contributed by atoms with Crippen LogP contribution in [-0.4, -0.2) is 114 Å². The van der Waals surface area contributed by atoms with E-state index in [1.54, 1.807) is 31.9 Å². The lowest BCUT2D eigenvalue weighted by Gasteiger charge is -2.47. The van der Waals surface area contributed by atoms with Gasteiger partial charge in [0.05, 0.1) is 23.9 Å². The summed E-state index contributed by atoms with van der Waals surface area (Å²) in [5.41, 5.74) is -0.934. The van der Waals surface area contributed by atoms with Gasteiger partial charge in [-0.15, -0.1) is 0 Å². The third-order valence-corrected chi connectivity index (χ3v) is 11.3. The van der Waals surface area contributed by atoms with Gasteiger partial charge in [0.25, 0.3) is 0 Å². The number of methoxy groups -OCH3 is 1. The Morgan fingerprint density at radius 1 is 1.06 bits per heavy atom. The molecular formula is C39H60N2O9. The van der Waals surface area contributed by atoms with Crippen LogP contribution in [0.25, 0.3) is 0 Å². The quantitative estimate of drug-likeness (QED) is 0.363. The average Bonchev–Trinajstić information content (AvgIpc) is 3.34. The van der Waals surface area contributed by atoms with Gasteiger partial charge < -0.3 is 33.7 Å². The molecule has 0 aliphatic carbocycles. The van der Waals surface area contributed by atoms with Crippen LogP contribution in [0.15, 0.2) is 42.0 Å². The van der Waals surface area contributed by atoms with Crippen LogP contribution in [0.3, 0.4) is 0 Å². The van der Waals surface area contributed by atoms with Crippen LogP contribution < -0.4 is 0 Å². The normalized spacial score (nSPS) is 40.1. The number of nitrogens with zero attached hydrogens (tertiary/aromatic N) is 2. The van der Waals surface area contributed by atoms with Crippen molar-refractivity contribution in [3.05, 3.63) is 47.5 Å². The number of ether oxygens (including phenoxy) is 5. The Kier molecular flexibility index (Phi) is 13.0. The molecule has 1 N–H and O–H groups in total. The minimum absolute atomic E-state index is 0.0703. The van der Waals surface area contributed by atoms with E-state index in [9.17, 15) is 19.5 Å². The highest BCUT2D eigenvalue weighted by Gasteiger charge is 2.60. The van der Waals surface area contributed by atoms with E-state index in [0.29, 0.717) is 31.4 Å². The van der Waals surface area contributed by atoms with Crippen LogP contribution in [0.4, 0.5) is 4.79 Å². The van der Waals surface area contributed by atoms with Gasteiger partial charge in [0, 0.05) is 43.0 Å². The number of likely N-dealkylation sites (N-methyl/N-ethyl adjacent to an activating group) is 1. The fraction of sp³-hybridized carbons (Fsp3) is 0.718. The lowest BCUT2D eigenvalue weighted by atomic mass is 9.74. The van der Waals surface area contributed by atoms with E-state index in [0.717, 1.165) is 5.56 Å². The van der Waals surface area contributed by atoms with E-state index in [4.69, 9.17) is 23.7 Å². The summed E-state index contributed by atoms with van der Waals surface area (Å²) in [6.07, 6.45) is -0.541. The van der Waals surface area contributed by atoms with E-state index in [2.05, 4.69) is 0 Å². The number of ketones is 1. The van der Waals surface area contributed by atoms with E-state index >= 15 is 0 Å². The number of cyclic esters (lactones) is 1. The number of fused-ring (bicyclic) bond motifs is 1. The van der Waals surface area contributed by atoms with Gasteiger partial charge in [0.1, 0.15) is 18.0 Å².